The number of nitriles is 1. The number of hydrogen-bond donors (Lipinski definition) is 5. The summed E-state index contributed by atoms with van der Waals surface area (Å²) in [5.74, 6) is -2.10. The van der Waals surface area contributed by atoms with E-state index in [1.807, 2.05) is 51.1 Å². The first-order valence-corrected chi connectivity index (χ1v) is 13.4. The monoisotopic (exact) mass is 566 g/mol. The number of amides is 4. The molecule has 0 aliphatic heterocycles. The van der Waals surface area contributed by atoms with Crippen LogP contribution in [-0.2, 0) is 20.9 Å². The number of aryl methyl sites for hydroxylation is 2. The number of allylic oxidation sites excluding steroid dienone is 1. The number of aliphatic hydroxyl groups is 1. The van der Waals surface area contributed by atoms with Crippen LogP contribution in [0.4, 0.5) is 0 Å². The van der Waals surface area contributed by atoms with Gasteiger partial charge in [-0.25, -0.2) is 0 Å². The van der Waals surface area contributed by atoms with Gasteiger partial charge >= 0.3 is 0 Å². The molecule has 0 unspecified atom stereocenters. The van der Waals surface area contributed by atoms with Crippen molar-refractivity contribution >= 4 is 23.6 Å². The summed E-state index contributed by atoms with van der Waals surface area (Å²) in [6, 6.07) is 8.42. The molecule has 0 aliphatic rings. The molecule has 1 aromatic heterocycles. The number of hydrogen-bond acceptors (Lipinski definition) is 8. The van der Waals surface area contributed by atoms with Gasteiger partial charge in [-0.2, -0.15) is 5.26 Å². The smallest absolute Gasteiger partial charge is 0.274 e. The van der Waals surface area contributed by atoms with Crippen molar-refractivity contribution < 1.29 is 28.8 Å². The number of benzene rings is 1. The van der Waals surface area contributed by atoms with Crippen molar-refractivity contribution in [3.8, 4) is 6.07 Å². The number of nitrogens with one attached hydrogen (secondary N) is 4. The van der Waals surface area contributed by atoms with Crippen LogP contribution in [0.5, 0.6) is 0 Å². The van der Waals surface area contributed by atoms with Crippen LogP contribution < -0.4 is 21.3 Å². The lowest BCUT2D eigenvalue weighted by atomic mass is 10.1. The van der Waals surface area contributed by atoms with Crippen LogP contribution in [0.1, 0.15) is 61.0 Å². The zero-order chi connectivity index (χ0) is 30.5. The third-order valence-corrected chi connectivity index (χ3v) is 5.95. The molecule has 5 N–H and O–H groups in total. The molecule has 2 rings (SSSR count). The molecular formula is C29H38N6O6. The van der Waals surface area contributed by atoms with Crippen LogP contribution >= 0.6 is 0 Å². The normalized spacial score (nSPS) is 13.5. The van der Waals surface area contributed by atoms with Crippen LogP contribution in [0, 0.1) is 31.1 Å². The number of aliphatic hydroxyl groups excluding tert-OH is 1. The third kappa shape index (κ3) is 10.9. The summed E-state index contributed by atoms with van der Waals surface area (Å²) in [4.78, 5) is 51.1. The Morgan fingerprint density at radius 2 is 1.73 bits per heavy atom. The Bertz CT molecular complexity index is 1280. The lowest BCUT2D eigenvalue weighted by Gasteiger charge is -2.24. The molecule has 0 aliphatic carbocycles. The Labute approximate surface area is 239 Å². The minimum absolute atomic E-state index is 0.00137. The van der Waals surface area contributed by atoms with Gasteiger partial charge in [0.2, 0.25) is 11.8 Å². The second kappa shape index (κ2) is 15.9. The van der Waals surface area contributed by atoms with E-state index in [-0.39, 0.29) is 36.7 Å². The van der Waals surface area contributed by atoms with Crippen LogP contribution in [-0.4, -0.2) is 58.6 Å². The summed E-state index contributed by atoms with van der Waals surface area (Å²) in [6.45, 7) is 8.95. The van der Waals surface area contributed by atoms with E-state index < -0.39 is 41.8 Å². The molecule has 4 amide bonds. The summed E-state index contributed by atoms with van der Waals surface area (Å²) in [7, 11) is 0. The van der Waals surface area contributed by atoms with Crippen molar-refractivity contribution in [2.24, 2.45) is 5.92 Å². The standard InChI is InChI=1S/C29H38N6O6/c1-17(2)13-22(15-30)26(37)31-12-6-7-23(27(38)32-16-21-10-8-18(3)9-11-21)33-29(40)25(20(5)36)34-28(39)24-14-19(4)41-35-24/h8-11,13-14,17,20,23,25,36H,6-7,12,16H2,1-5H3,(H,31,37)(H,32,38)(H,33,40)(H,34,39)/t20-,23+,25+/m1/s1. The molecular weight excluding hydrogens is 528 g/mol. The summed E-state index contributed by atoms with van der Waals surface area (Å²) >= 11 is 0. The minimum Gasteiger partial charge on any atom is -0.391 e. The Hall–Kier alpha value is -4.50. The molecule has 12 nitrogen and oxygen atoms in total. The molecule has 2 aromatic rings. The molecule has 0 spiro atoms. The third-order valence-electron chi connectivity index (χ3n) is 5.95. The molecule has 0 bridgehead atoms. The fourth-order valence-corrected chi connectivity index (χ4v) is 3.74. The number of aromatic nitrogens is 1. The fourth-order valence-electron chi connectivity index (χ4n) is 3.74. The number of carbonyl (C=O) groups excluding carboxylic acids is 4. The maximum Gasteiger partial charge on any atom is 0.274 e. The molecule has 0 saturated carbocycles. The van der Waals surface area contributed by atoms with Gasteiger partial charge in [-0.05, 0) is 45.1 Å². The Morgan fingerprint density at radius 3 is 2.29 bits per heavy atom. The van der Waals surface area contributed by atoms with E-state index in [0.717, 1.165) is 11.1 Å². The molecule has 0 saturated heterocycles. The first-order valence-electron chi connectivity index (χ1n) is 13.4. The van der Waals surface area contributed by atoms with Crippen molar-refractivity contribution in [3.05, 3.63) is 64.6 Å². The van der Waals surface area contributed by atoms with Gasteiger partial charge in [0.15, 0.2) is 5.69 Å². The molecule has 220 valence electrons. The van der Waals surface area contributed by atoms with Crippen molar-refractivity contribution in [2.75, 3.05) is 6.54 Å². The Balaban J connectivity index is 2.09. The van der Waals surface area contributed by atoms with E-state index in [9.17, 15) is 29.5 Å². The van der Waals surface area contributed by atoms with E-state index in [2.05, 4.69) is 26.4 Å². The quantitative estimate of drug-likeness (QED) is 0.129. The highest BCUT2D eigenvalue weighted by molar-refractivity contribution is 5.98. The minimum atomic E-state index is -1.38. The first kappa shape index (κ1) is 32.7. The predicted molar refractivity (Wildman–Crippen MR) is 150 cm³/mol. The molecule has 3 atom stereocenters. The van der Waals surface area contributed by atoms with Crippen LogP contribution in [0.15, 0.2) is 46.5 Å². The molecule has 0 radical (unpaired) electrons. The van der Waals surface area contributed by atoms with Crippen molar-refractivity contribution in [1.82, 2.24) is 26.4 Å². The SMILES string of the molecule is Cc1ccc(CNC(=O)[C@H](CCCNC(=O)C(C#N)=CC(C)C)NC(=O)[C@@H](NC(=O)c2cc(C)on2)[C@@H](C)O)cc1. The van der Waals surface area contributed by atoms with Gasteiger partial charge in [0.05, 0.1) is 6.10 Å². The van der Waals surface area contributed by atoms with Gasteiger partial charge < -0.3 is 30.9 Å². The average molecular weight is 567 g/mol. The van der Waals surface area contributed by atoms with Crippen LogP contribution in [0.25, 0.3) is 0 Å². The summed E-state index contributed by atoms with van der Waals surface area (Å²) in [5, 5.41) is 33.5. The van der Waals surface area contributed by atoms with E-state index in [1.165, 1.54) is 13.0 Å². The lowest BCUT2D eigenvalue weighted by molar-refractivity contribution is -0.131. The van der Waals surface area contributed by atoms with E-state index >= 15 is 0 Å². The highest BCUT2D eigenvalue weighted by Gasteiger charge is 2.30. The highest BCUT2D eigenvalue weighted by Crippen LogP contribution is 2.07. The maximum absolute atomic E-state index is 13.1. The summed E-state index contributed by atoms with van der Waals surface area (Å²) < 4.78 is 4.89. The van der Waals surface area contributed by atoms with Gasteiger partial charge in [-0.15, -0.1) is 0 Å². The van der Waals surface area contributed by atoms with Crippen molar-refractivity contribution in [1.29, 1.82) is 5.26 Å². The van der Waals surface area contributed by atoms with Gasteiger partial charge in [-0.3, -0.25) is 19.2 Å². The van der Waals surface area contributed by atoms with Crippen molar-refractivity contribution in [3.63, 3.8) is 0 Å². The summed E-state index contributed by atoms with van der Waals surface area (Å²) in [5.41, 5.74) is 1.87. The second-order valence-corrected chi connectivity index (χ2v) is 10.1. The largest absolute Gasteiger partial charge is 0.391 e. The molecule has 12 heteroatoms. The fraction of sp³-hybridized carbons (Fsp3) is 0.448. The molecule has 41 heavy (non-hydrogen) atoms. The van der Waals surface area contributed by atoms with Gasteiger partial charge in [0, 0.05) is 19.2 Å². The summed E-state index contributed by atoms with van der Waals surface area (Å²) in [6.07, 6.45) is 0.685. The number of carbonyl (C=O) groups is 4. The number of rotatable bonds is 14. The van der Waals surface area contributed by atoms with Crippen LogP contribution in [0.2, 0.25) is 0 Å². The zero-order valence-corrected chi connectivity index (χ0v) is 24.0. The maximum atomic E-state index is 13.1. The van der Waals surface area contributed by atoms with E-state index in [1.54, 1.807) is 13.0 Å². The predicted octanol–water partition coefficient (Wildman–Crippen LogP) is 1.57. The van der Waals surface area contributed by atoms with E-state index in [4.69, 9.17) is 4.52 Å². The van der Waals surface area contributed by atoms with Crippen molar-refractivity contribution in [2.45, 2.75) is 72.2 Å². The van der Waals surface area contributed by atoms with Gasteiger partial charge in [-0.1, -0.05) is 54.9 Å². The molecule has 1 heterocycles. The second-order valence-electron chi connectivity index (χ2n) is 10.1. The Morgan fingerprint density at radius 1 is 1.05 bits per heavy atom. The Kier molecular flexibility index (Phi) is 12.7. The van der Waals surface area contributed by atoms with Crippen LogP contribution in [0.3, 0.4) is 0 Å². The molecule has 1 aromatic carbocycles. The van der Waals surface area contributed by atoms with E-state index in [0.29, 0.717) is 12.2 Å². The zero-order valence-electron chi connectivity index (χ0n) is 24.0. The lowest BCUT2D eigenvalue weighted by Crippen LogP contribution is -2.57. The van der Waals surface area contributed by atoms with Gasteiger partial charge in [0.25, 0.3) is 11.8 Å². The topological polar surface area (TPSA) is 186 Å². The number of nitrogens with zero attached hydrogens (tertiary/aromatic N) is 2. The average Bonchev–Trinajstić information content (AvgIpc) is 3.37. The molecule has 0 fully saturated rings. The first-order chi connectivity index (χ1) is 19.4. The van der Waals surface area contributed by atoms with Gasteiger partial charge in [0.1, 0.15) is 29.5 Å². The highest BCUT2D eigenvalue weighted by atomic mass is 16.5.